The standard InChI is InChI=1S/C10H8O8S2/c11-8-4-5(19(13,14)15)3-7-6(8)1-2-9(10(7)12)20(16,17)18/h1-4,11-12H,(H,13,14,15)(H,16,17,18). The fourth-order valence-corrected chi connectivity index (χ4v) is 2.83. The predicted octanol–water partition coefficient (Wildman–Crippen LogP) is 0.744. The number of phenols is 2. The van der Waals surface area contributed by atoms with Gasteiger partial charge in [-0.05, 0) is 18.2 Å². The summed E-state index contributed by atoms with van der Waals surface area (Å²) in [6, 6.07) is 3.43. The summed E-state index contributed by atoms with van der Waals surface area (Å²) in [7, 11) is -9.39. The Balaban J connectivity index is 2.97. The first-order chi connectivity index (χ1) is 9.01. The number of hydrogen-bond donors (Lipinski definition) is 4. The Morgan fingerprint density at radius 2 is 1.40 bits per heavy atom. The van der Waals surface area contributed by atoms with Crippen LogP contribution in [-0.2, 0) is 20.2 Å². The van der Waals surface area contributed by atoms with Crippen molar-refractivity contribution in [1.82, 2.24) is 0 Å². The van der Waals surface area contributed by atoms with E-state index in [4.69, 9.17) is 9.11 Å². The van der Waals surface area contributed by atoms with Crippen LogP contribution < -0.4 is 0 Å². The Bertz CT molecular complexity index is 912. The van der Waals surface area contributed by atoms with E-state index in [2.05, 4.69) is 0 Å². The van der Waals surface area contributed by atoms with Crippen LogP contribution in [0.25, 0.3) is 10.8 Å². The molecule has 20 heavy (non-hydrogen) atoms. The van der Waals surface area contributed by atoms with Gasteiger partial charge in [0.2, 0.25) is 0 Å². The second kappa shape index (κ2) is 4.31. The normalized spacial score (nSPS) is 12.7. The largest absolute Gasteiger partial charge is 0.507 e. The van der Waals surface area contributed by atoms with Gasteiger partial charge in [0.15, 0.2) is 0 Å². The Kier molecular flexibility index (Phi) is 3.13. The van der Waals surface area contributed by atoms with Crippen LogP contribution in [0.1, 0.15) is 0 Å². The highest BCUT2D eigenvalue weighted by molar-refractivity contribution is 7.86. The van der Waals surface area contributed by atoms with Gasteiger partial charge in [0.05, 0.1) is 4.90 Å². The molecule has 10 heteroatoms. The zero-order valence-electron chi connectivity index (χ0n) is 9.55. The van der Waals surface area contributed by atoms with Crippen molar-refractivity contribution in [2.75, 3.05) is 0 Å². The third kappa shape index (κ3) is 2.41. The van der Waals surface area contributed by atoms with E-state index in [9.17, 15) is 27.0 Å². The highest BCUT2D eigenvalue weighted by Gasteiger charge is 2.21. The van der Waals surface area contributed by atoms with Gasteiger partial charge in [-0.15, -0.1) is 0 Å². The molecule has 0 aromatic heterocycles. The molecule has 0 atom stereocenters. The van der Waals surface area contributed by atoms with E-state index in [1.807, 2.05) is 0 Å². The van der Waals surface area contributed by atoms with E-state index in [1.165, 1.54) is 0 Å². The minimum atomic E-state index is -4.73. The lowest BCUT2D eigenvalue weighted by atomic mass is 10.1. The molecule has 0 aliphatic heterocycles. The number of fused-ring (bicyclic) bond motifs is 1. The zero-order chi connectivity index (χ0) is 15.3. The Morgan fingerprint density at radius 1 is 0.800 bits per heavy atom. The van der Waals surface area contributed by atoms with Crippen molar-refractivity contribution in [3.8, 4) is 11.5 Å². The van der Waals surface area contributed by atoms with Gasteiger partial charge in [-0.25, -0.2) is 0 Å². The average molecular weight is 320 g/mol. The van der Waals surface area contributed by atoms with Crippen LogP contribution in [0.5, 0.6) is 11.5 Å². The quantitative estimate of drug-likeness (QED) is 0.592. The molecule has 4 N–H and O–H groups in total. The summed E-state index contributed by atoms with van der Waals surface area (Å²) in [5, 5.41) is 19.0. The molecule has 0 spiro atoms. The lowest BCUT2D eigenvalue weighted by molar-refractivity contribution is 0.446. The van der Waals surface area contributed by atoms with Crippen LogP contribution in [0.3, 0.4) is 0 Å². The maximum absolute atomic E-state index is 11.0. The lowest BCUT2D eigenvalue weighted by Crippen LogP contribution is -2.00. The number of aromatic hydroxyl groups is 2. The molecular weight excluding hydrogens is 312 g/mol. The van der Waals surface area contributed by atoms with Crippen LogP contribution in [0, 0.1) is 0 Å². The molecule has 2 rings (SSSR count). The molecule has 0 fully saturated rings. The van der Waals surface area contributed by atoms with E-state index in [0.29, 0.717) is 0 Å². The highest BCUT2D eigenvalue weighted by Crippen LogP contribution is 2.37. The van der Waals surface area contributed by atoms with Gasteiger partial charge in [-0.2, -0.15) is 16.8 Å². The lowest BCUT2D eigenvalue weighted by Gasteiger charge is -2.08. The highest BCUT2D eigenvalue weighted by atomic mass is 32.2. The van der Waals surface area contributed by atoms with Crippen molar-refractivity contribution in [2.24, 2.45) is 0 Å². The van der Waals surface area contributed by atoms with E-state index in [0.717, 1.165) is 24.3 Å². The van der Waals surface area contributed by atoms with Crippen molar-refractivity contribution in [2.45, 2.75) is 9.79 Å². The van der Waals surface area contributed by atoms with Crippen LogP contribution >= 0.6 is 0 Å². The van der Waals surface area contributed by atoms with Gasteiger partial charge in [-0.1, -0.05) is 0 Å². The molecular formula is C10H8O8S2. The van der Waals surface area contributed by atoms with Gasteiger partial charge in [0.1, 0.15) is 16.4 Å². The Morgan fingerprint density at radius 3 is 1.90 bits per heavy atom. The Hall–Kier alpha value is -1.88. The first-order valence-corrected chi connectivity index (χ1v) is 7.83. The molecule has 0 saturated heterocycles. The fourth-order valence-electron chi connectivity index (χ4n) is 1.71. The molecule has 0 bridgehead atoms. The summed E-state index contributed by atoms with van der Waals surface area (Å²) in [4.78, 5) is -1.58. The van der Waals surface area contributed by atoms with Gasteiger partial charge in [0.25, 0.3) is 20.2 Å². The molecule has 0 heterocycles. The number of rotatable bonds is 2. The molecule has 2 aromatic rings. The van der Waals surface area contributed by atoms with E-state index in [1.54, 1.807) is 0 Å². The van der Waals surface area contributed by atoms with Crippen LogP contribution in [0.4, 0.5) is 0 Å². The van der Waals surface area contributed by atoms with Gasteiger partial charge < -0.3 is 10.2 Å². The maximum Gasteiger partial charge on any atom is 0.298 e. The molecule has 0 aliphatic carbocycles. The van der Waals surface area contributed by atoms with Gasteiger partial charge in [0, 0.05) is 16.8 Å². The average Bonchev–Trinajstić information content (AvgIpc) is 2.27. The first-order valence-electron chi connectivity index (χ1n) is 4.95. The van der Waals surface area contributed by atoms with Crippen molar-refractivity contribution in [1.29, 1.82) is 0 Å². The van der Waals surface area contributed by atoms with E-state index >= 15 is 0 Å². The fraction of sp³-hybridized carbons (Fsp3) is 0. The van der Waals surface area contributed by atoms with Crippen LogP contribution in [-0.4, -0.2) is 36.2 Å². The molecule has 0 radical (unpaired) electrons. The molecule has 8 nitrogen and oxygen atoms in total. The molecule has 0 unspecified atom stereocenters. The van der Waals surface area contributed by atoms with Crippen molar-refractivity contribution < 1.29 is 36.2 Å². The van der Waals surface area contributed by atoms with Crippen molar-refractivity contribution >= 4 is 31.0 Å². The van der Waals surface area contributed by atoms with E-state index in [-0.39, 0.29) is 10.8 Å². The minimum absolute atomic E-state index is 0.0534. The summed E-state index contributed by atoms with van der Waals surface area (Å²) in [5.74, 6) is -1.53. The zero-order valence-corrected chi connectivity index (χ0v) is 11.2. The maximum atomic E-state index is 11.0. The predicted molar refractivity (Wildman–Crippen MR) is 66.9 cm³/mol. The van der Waals surface area contributed by atoms with Gasteiger partial charge >= 0.3 is 0 Å². The smallest absolute Gasteiger partial charge is 0.298 e. The summed E-state index contributed by atoms with van der Waals surface area (Å²) in [6.07, 6.45) is 0. The number of hydrogen-bond acceptors (Lipinski definition) is 6. The molecule has 0 amide bonds. The monoisotopic (exact) mass is 320 g/mol. The third-order valence-electron chi connectivity index (χ3n) is 2.60. The molecule has 0 saturated carbocycles. The Labute approximate surface area is 113 Å². The van der Waals surface area contributed by atoms with Crippen LogP contribution in [0.15, 0.2) is 34.1 Å². The van der Waals surface area contributed by atoms with Crippen molar-refractivity contribution in [3.63, 3.8) is 0 Å². The third-order valence-corrected chi connectivity index (χ3v) is 4.31. The molecule has 0 aliphatic rings. The summed E-state index contributed by atoms with van der Waals surface area (Å²) < 4.78 is 61.9. The number of benzene rings is 2. The summed E-state index contributed by atoms with van der Waals surface area (Å²) in [6.45, 7) is 0. The van der Waals surface area contributed by atoms with Gasteiger partial charge in [-0.3, -0.25) is 9.11 Å². The summed E-state index contributed by atoms with van der Waals surface area (Å²) in [5.41, 5.74) is 0. The first kappa shape index (κ1) is 14.5. The summed E-state index contributed by atoms with van der Waals surface area (Å²) >= 11 is 0. The van der Waals surface area contributed by atoms with Crippen LogP contribution in [0.2, 0.25) is 0 Å². The molecule has 108 valence electrons. The minimum Gasteiger partial charge on any atom is -0.507 e. The SMILES string of the molecule is O=S(=O)(O)c1cc(O)c2ccc(S(=O)(=O)O)c(O)c2c1. The van der Waals surface area contributed by atoms with E-state index < -0.39 is 41.5 Å². The number of phenolic OH excluding ortho intramolecular Hbond substituents is 2. The molecule has 2 aromatic carbocycles. The van der Waals surface area contributed by atoms with Crippen molar-refractivity contribution in [3.05, 3.63) is 24.3 Å². The topological polar surface area (TPSA) is 149 Å². The second-order valence-corrected chi connectivity index (χ2v) is 6.71. The second-order valence-electron chi connectivity index (χ2n) is 3.90.